The number of hydrogen-bond acceptors (Lipinski definition) is 3. The van der Waals surface area contributed by atoms with Gasteiger partial charge in [-0.25, -0.2) is 0 Å². The lowest BCUT2D eigenvalue weighted by Gasteiger charge is -2.26. The maximum absolute atomic E-state index is 12.7. The molecule has 0 atom stereocenters. The van der Waals surface area contributed by atoms with Crippen molar-refractivity contribution in [1.82, 2.24) is 0 Å². The van der Waals surface area contributed by atoms with Crippen molar-refractivity contribution < 1.29 is 9.53 Å². The SMILES string of the molecule is COc1ccccc1C(C)(C)C(=O)Nc1cccc(SC)c1. The predicted octanol–water partition coefficient (Wildman–Crippen LogP) is 4.33. The van der Waals surface area contributed by atoms with Crippen LogP contribution in [-0.2, 0) is 10.2 Å². The van der Waals surface area contributed by atoms with Crippen molar-refractivity contribution in [1.29, 1.82) is 0 Å². The minimum Gasteiger partial charge on any atom is -0.496 e. The van der Waals surface area contributed by atoms with Crippen LogP contribution in [0.25, 0.3) is 0 Å². The van der Waals surface area contributed by atoms with Crippen LogP contribution in [0.2, 0.25) is 0 Å². The maximum atomic E-state index is 12.7. The topological polar surface area (TPSA) is 38.3 Å². The Hall–Kier alpha value is -1.94. The molecule has 0 spiro atoms. The van der Waals surface area contributed by atoms with Crippen molar-refractivity contribution in [2.75, 3.05) is 18.7 Å². The number of thioether (sulfide) groups is 1. The second-order valence-corrected chi connectivity index (χ2v) is 6.39. The fraction of sp³-hybridized carbons (Fsp3) is 0.278. The third kappa shape index (κ3) is 3.45. The van der Waals surface area contributed by atoms with Crippen LogP contribution in [0.4, 0.5) is 5.69 Å². The van der Waals surface area contributed by atoms with Crippen molar-refractivity contribution in [3.8, 4) is 5.75 Å². The zero-order valence-electron chi connectivity index (χ0n) is 13.3. The van der Waals surface area contributed by atoms with Crippen molar-refractivity contribution in [2.45, 2.75) is 24.2 Å². The van der Waals surface area contributed by atoms with Gasteiger partial charge >= 0.3 is 0 Å². The van der Waals surface area contributed by atoms with E-state index < -0.39 is 5.41 Å². The molecule has 1 N–H and O–H groups in total. The van der Waals surface area contributed by atoms with Gasteiger partial charge in [-0.1, -0.05) is 24.3 Å². The molecule has 0 aromatic heterocycles. The van der Waals surface area contributed by atoms with E-state index in [0.717, 1.165) is 21.9 Å². The Kier molecular flexibility index (Phi) is 5.14. The summed E-state index contributed by atoms with van der Waals surface area (Å²) in [5.74, 6) is 0.663. The zero-order chi connectivity index (χ0) is 16.2. The van der Waals surface area contributed by atoms with Crippen molar-refractivity contribution >= 4 is 23.4 Å². The summed E-state index contributed by atoms with van der Waals surface area (Å²) in [6.07, 6.45) is 2.01. The number of anilines is 1. The van der Waals surface area contributed by atoms with E-state index in [-0.39, 0.29) is 5.91 Å². The zero-order valence-corrected chi connectivity index (χ0v) is 14.2. The second-order valence-electron chi connectivity index (χ2n) is 5.51. The summed E-state index contributed by atoms with van der Waals surface area (Å²) in [4.78, 5) is 13.8. The Balaban J connectivity index is 2.26. The van der Waals surface area contributed by atoms with Gasteiger partial charge in [0.05, 0.1) is 12.5 Å². The van der Waals surface area contributed by atoms with Crippen LogP contribution in [0.5, 0.6) is 5.75 Å². The van der Waals surface area contributed by atoms with Gasteiger partial charge in [-0.3, -0.25) is 4.79 Å². The molecule has 22 heavy (non-hydrogen) atoms. The molecule has 3 nitrogen and oxygen atoms in total. The first-order chi connectivity index (χ1) is 10.5. The van der Waals surface area contributed by atoms with Gasteiger partial charge in [-0.15, -0.1) is 11.8 Å². The Bertz CT molecular complexity index is 668. The number of benzene rings is 2. The molecule has 0 saturated heterocycles. The number of nitrogens with one attached hydrogen (secondary N) is 1. The van der Waals surface area contributed by atoms with E-state index >= 15 is 0 Å². The lowest BCUT2D eigenvalue weighted by molar-refractivity contribution is -0.120. The molecule has 0 aliphatic carbocycles. The first-order valence-electron chi connectivity index (χ1n) is 7.08. The highest BCUT2D eigenvalue weighted by molar-refractivity contribution is 7.98. The highest BCUT2D eigenvalue weighted by Crippen LogP contribution is 2.32. The Morgan fingerprint density at radius 2 is 1.86 bits per heavy atom. The largest absolute Gasteiger partial charge is 0.496 e. The molecule has 0 fully saturated rings. The Labute approximate surface area is 136 Å². The fourth-order valence-corrected chi connectivity index (χ4v) is 2.73. The van der Waals surface area contributed by atoms with E-state index in [1.807, 2.05) is 68.6 Å². The van der Waals surface area contributed by atoms with Crippen LogP contribution in [0, 0.1) is 0 Å². The van der Waals surface area contributed by atoms with Crippen molar-refractivity contribution in [3.05, 3.63) is 54.1 Å². The minimum atomic E-state index is -0.692. The van der Waals surface area contributed by atoms with Gasteiger partial charge < -0.3 is 10.1 Å². The smallest absolute Gasteiger partial charge is 0.234 e. The number of carbonyl (C=O) groups excluding carboxylic acids is 1. The van der Waals surface area contributed by atoms with E-state index in [1.165, 1.54) is 0 Å². The fourth-order valence-electron chi connectivity index (χ4n) is 2.27. The molecule has 116 valence electrons. The quantitative estimate of drug-likeness (QED) is 0.834. The van der Waals surface area contributed by atoms with Crippen LogP contribution >= 0.6 is 11.8 Å². The van der Waals surface area contributed by atoms with Crippen molar-refractivity contribution in [2.24, 2.45) is 0 Å². The number of para-hydroxylation sites is 1. The molecule has 0 radical (unpaired) electrons. The summed E-state index contributed by atoms with van der Waals surface area (Å²) in [6, 6.07) is 15.5. The van der Waals surface area contributed by atoms with Crippen LogP contribution < -0.4 is 10.1 Å². The molecule has 2 aromatic rings. The summed E-state index contributed by atoms with van der Waals surface area (Å²) < 4.78 is 5.39. The summed E-state index contributed by atoms with van der Waals surface area (Å²) >= 11 is 1.65. The van der Waals surface area contributed by atoms with Gasteiger partial charge in [0.1, 0.15) is 5.75 Å². The van der Waals surface area contributed by atoms with Crippen LogP contribution in [0.1, 0.15) is 19.4 Å². The second kappa shape index (κ2) is 6.88. The van der Waals surface area contributed by atoms with Gasteiger partial charge in [0.15, 0.2) is 0 Å². The first-order valence-corrected chi connectivity index (χ1v) is 8.30. The maximum Gasteiger partial charge on any atom is 0.234 e. The molecule has 0 unspecified atom stereocenters. The van der Waals surface area contributed by atoms with Gasteiger partial charge in [-0.05, 0) is 44.4 Å². The molecule has 1 amide bonds. The molecule has 0 aliphatic heterocycles. The van der Waals surface area contributed by atoms with Crippen LogP contribution in [-0.4, -0.2) is 19.3 Å². The average molecular weight is 315 g/mol. The molecule has 2 aromatic carbocycles. The molecule has 0 saturated carbocycles. The number of hydrogen-bond donors (Lipinski definition) is 1. The van der Waals surface area contributed by atoms with Gasteiger partial charge in [-0.2, -0.15) is 0 Å². The predicted molar refractivity (Wildman–Crippen MR) is 92.9 cm³/mol. The normalized spacial score (nSPS) is 11.1. The monoisotopic (exact) mass is 315 g/mol. The highest BCUT2D eigenvalue weighted by Gasteiger charge is 2.32. The van der Waals surface area contributed by atoms with E-state index in [0.29, 0.717) is 0 Å². The molecular weight excluding hydrogens is 294 g/mol. The van der Waals surface area contributed by atoms with E-state index in [2.05, 4.69) is 5.32 Å². The van der Waals surface area contributed by atoms with E-state index in [4.69, 9.17) is 4.74 Å². The van der Waals surface area contributed by atoms with Crippen LogP contribution in [0.3, 0.4) is 0 Å². The number of ether oxygens (including phenoxy) is 1. The molecule has 0 bridgehead atoms. The number of amides is 1. The minimum absolute atomic E-state index is 0.0600. The first kappa shape index (κ1) is 16.4. The summed E-state index contributed by atoms with van der Waals surface area (Å²) in [6.45, 7) is 3.80. The summed E-state index contributed by atoms with van der Waals surface area (Å²) in [5.41, 5.74) is 0.984. The highest BCUT2D eigenvalue weighted by atomic mass is 32.2. The average Bonchev–Trinajstić information content (AvgIpc) is 2.54. The molecule has 0 aliphatic rings. The number of methoxy groups -OCH3 is 1. The standard InChI is InChI=1S/C18H21NO2S/c1-18(2,15-10-5-6-11-16(15)21-3)17(20)19-13-8-7-9-14(12-13)22-4/h5-12H,1-4H3,(H,19,20). The van der Waals surface area contributed by atoms with Crippen molar-refractivity contribution in [3.63, 3.8) is 0 Å². The lowest BCUT2D eigenvalue weighted by Crippen LogP contribution is -2.35. The van der Waals surface area contributed by atoms with Crippen LogP contribution in [0.15, 0.2) is 53.4 Å². The number of rotatable bonds is 5. The third-order valence-corrected chi connectivity index (χ3v) is 4.40. The van der Waals surface area contributed by atoms with Gasteiger partial charge in [0, 0.05) is 16.1 Å². The molecule has 4 heteroatoms. The van der Waals surface area contributed by atoms with E-state index in [9.17, 15) is 4.79 Å². The van der Waals surface area contributed by atoms with Gasteiger partial charge in [0.25, 0.3) is 0 Å². The number of carbonyl (C=O) groups is 1. The Morgan fingerprint density at radius 1 is 1.14 bits per heavy atom. The molecular formula is C18H21NO2S. The summed E-state index contributed by atoms with van der Waals surface area (Å²) in [5, 5.41) is 3.00. The third-order valence-electron chi connectivity index (χ3n) is 3.68. The van der Waals surface area contributed by atoms with E-state index in [1.54, 1.807) is 18.9 Å². The molecule has 0 heterocycles. The lowest BCUT2D eigenvalue weighted by atomic mass is 9.83. The molecule has 2 rings (SSSR count). The Morgan fingerprint density at radius 3 is 2.55 bits per heavy atom. The summed E-state index contributed by atoms with van der Waals surface area (Å²) in [7, 11) is 1.62. The van der Waals surface area contributed by atoms with Gasteiger partial charge in [0.2, 0.25) is 5.91 Å².